The molecule has 2 fully saturated rings. The first kappa shape index (κ1) is 39.8. The van der Waals surface area contributed by atoms with Crippen LogP contribution in [0.4, 0.5) is 21.1 Å². The molecule has 0 aliphatic carbocycles. The fourth-order valence-electron chi connectivity index (χ4n) is 8.84. The summed E-state index contributed by atoms with van der Waals surface area (Å²) in [6.45, 7) is 13.9. The van der Waals surface area contributed by atoms with E-state index >= 15 is 0 Å². The summed E-state index contributed by atoms with van der Waals surface area (Å²) in [7, 11) is 1.67. The van der Waals surface area contributed by atoms with Gasteiger partial charge in [-0.3, -0.25) is 4.99 Å². The summed E-state index contributed by atoms with van der Waals surface area (Å²) in [6.07, 6.45) is 6.81. The van der Waals surface area contributed by atoms with E-state index in [4.69, 9.17) is 25.8 Å². The minimum absolute atomic E-state index is 0.0544. The lowest BCUT2D eigenvalue weighted by Crippen LogP contribution is -2.53. The molecule has 1 aromatic carbocycles. The number of urea groups is 2. The van der Waals surface area contributed by atoms with Gasteiger partial charge in [-0.2, -0.15) is 0 Å². The van der Waals surface area contributed by atoms with Crippen molar-refractivity contribution in [1.29, 1.82) is 0 Å². The van der Waals surface area contributed by atoms with Crippen LogP contribution in [0.5, 0.6) is 5.75 Å². The molecule has 0 radical (unpaired) electrons. The van der Waals surface area contributed by atoms with E-state index in [0.29, 0.717) is 64.1 Å². The number of hydrogen-bond donors (Lipinski definition) is 1. The van der Waals surface area contributed by atoms with Gasteiger partial charge >= 0.3 is 12.1 Å². The zero-order valence-electron chi connectivity index (χ0n) is 33.7. The normalized spacial score (nSPS) is 22.5. The summed E-state index contributed by atoms with van der Waals surface area (Å²) in [5.74, 6) is 1.52. The standard InChI is InChI=1S/C25H28N6O3S.C16H19ClN4O2S/c1-14-10-31(11-15(2)34-14)25(32)30-5-4-18-21(12-30)35-24-22(18)23(27-13-28-24)29-19-6-16-8-26-9-17(16)7-20(19)33-3;1-9-5-21(6-10(2)23-9)16(22)20-4-3-11-12(7-20)24-15-13(11)14(17)18-8-19-15/h6-8,13-15H,4-5,9-12H2,1-3H3,(H,27,28,29);8-10H,3-7H2,1-2H3/t14-,15-;9-,10-/m00/s1. The van der Waals surface area contributed by atoms with Crippen molar-refractivity contribution in [1.82, 2.24) is 39.5 Å². The van der Waals surface area contributed by atoms with E-state index in [1.807, 2.05) is 59.6 Å². The monoisotopic (exact) mass is 858 g/mol. The van der Waals surface area contributed by atoms with Crippen molar-refractivity contribution in [2.45, 2.75) is 84.6 Å². The van der Waals surface area contributed by atoms with Gasteiger partial charge in [-0.15, -0.1) is 22.7 Å². The lowest BCUT2D eigenvalue weighted by molar-refractivity contribution is -0.0586. The minimum atomic E-state index is 0.0544. The largest absolute Gasteiger partial charge is 0.495 e. The molecule has 310 valence electrons. The Labute approximate surface area is 355 Å². The maximum absolute atomic E-state index is 13.3. The average Bonchev–Trinajstić information content (AvgIpc) is 3.94. The highest BCUT2D eigenvalue weighted by Gasteiger charge is 2.34. The average molecular weight is 859 g/mol. The van der Waals surface area contributed by atoms with Crippen LogP contribution in [0.1, 0.15) is 59.7 Å². The molecular formula is C41H47ClN10O5S2. The molecule has 2 saturated heterocycles. The number of nitrogens with one attached hydrogen (secondary N) is 1. The molecule has 5 aromatic rings. The second-order valence-corrected chi connectivity index (χ2v) is 18.4. The lowest BCUT2D eigenvalue weighted by atomic mass is 10.0. The number of anilines is 2. The molecule has 0 bridgehead atoms. The zero-order chi connectivity index (χ0) is 40.9. The number of ether oxygens (including phenoxy) is 3. The highest BCUT2D eigenvalue weighted by atomic mass is 35.5. The maximum Gasteiger partial charge on any atom is 0.320 e. The van der Waals surface area contributed by atoms with Gasteiger partial charge < -0.3 is 39.1 Å². The van der Waals surface area contributed by atoms with E-state index in [1.165, 1.54) is 27.2 Å². The summed E-state index contributed by atoms with van der Waals surface area (Å²) < 4.78 is 17.2. The second-order valence-electron chi connectivity index (χ2n) is 15.8. The molecule has 59 heavy (non-hydrogen) atoms. The summed E-state index contributed by atoms with van der Waals surface area (Å²) in [5, 5.41) is 5.99. The molecule has 10 rings (SSSR count). The van der Waals surface area contributed by atoms with Crippen LogP contribution in [-0.4, -0.2) is 129 Å². The van der Waals surface area contributed by atoms with Gasteiger partial charge in [0.25, 0.3) is 0 Å². The Kier molecular flexibility index (Phi) is 11.1. The SMILES string of the molecule is COc1cc2c(cc1Nc1ncnc3sc4c(c13)CCN(C(=O)N1C[C@H](C)O[C@@H](C)C1)C4)C=NC2.C[C@H]1CN(C(=O)N2CCc3c(sc4ncnc(Cl)c34)C2)C[C@H](C)O1. The van der Waals surface area contributed by atoms with Crippen molar-refractivity contribution in [2.24, 2.45) is 4.99 Å². The molecule has 5 aliphatic rings. The van der Waals surface area contributed by atoms with Crippen LogP contribution in [0.2, 0.25) is 5.15 Å². The van der Waals surface area contributed by atoms with Gasteiger partial charge in [-0.25, -0.2) is 29.5 Å². The molecular weight excluding hydrogens is 812 g/mol. The van der Waals surface area contributed by atoms with Crippen LogP contribution in [0.15, 0.2) is 29.8 Å². The number of carbonyl (C=O) groups is 2. The van der Waals surface area contributed by atoms with E-state index in [1.54, 1.807) is 36.1 Å². The predicted molar refractivity (Wildman–Crippen MR) is 230 cm³/mol. The van der Waals surface area contributed by atoms with Gasteiger partial charge in [0.1, 0.15) is 39.0 Å². The van der Waals surface area contributed by atoms with Crippen molar-refractivity contribution in [3.05, 3.63) is 61.9 Å². The van der Waals surface area contributed by atoms with Crippen LogP contribution in [-0.2, 0) is 41.9 Å². The molecule has 1 N–H and O–H groups in total. The maximum atomic E-state index is 13.3. The van der Waals surface area contributed by atoms with Crippen molar-refractivity contribution < 1.29 is 23.8 Å². The lowest BCUT2D eigenvalue weighted by Gasteiger charge is -2.39. The third-order valence-corrected chi connectivity index (χ3v) is 13.9. The number of carbonyl (C=O) groups excluding carboxylic acids is 2. The molecule has 4 amide bonds. The Hall–Kier alpha value is -4.68. The van der Waals surface area contributed by atoms with Gasteiger partial charge in [0.15, 0.2) is 0 Å². The molecule has 4 atom stereocenters. The molecule has 9 heterocycles. The topological polar surface area (TPSA) is 151 Å². The number of fused-ring (bicyclic) bond motifs is 7. The molecule has 5 aliphatic heterocycles. The smallest absolute Gasteiger partial charge is 0.320 e. The Morgan fingerprint density at radius 3 is 1.88 bits per heavy atom. The number of methoxy groups -OCH3 is 1. The van der Waals surface area contributed by atoms with Crippen molar-refractivity contribution in [3.8, 4) is 5.75 Å². The van der Waals surface area contributed by atoms with Crippen LogP contribution >= 0.6 is 34.3 Å². The van der Waals surface area contributed by atoms with Crippen LogP contribution < -0.4 is 10.1 Å². The Balaban J connectivity index is 0.000000163. The van der Waals surface area contributed by atoms with Crippen LogP contribution in [0.3, 0.4) is 0 Å². The van der Waals surface area contributed by atoms with Gasteiger partial charge in [0, 0.05) is 55.2 Å². The predicted octanol–water partition coefficient (Wildman–Crippen LogP) is 6.90. The molecule has 0 unspecified atom stereocenters. The summed E-state index contributed by atoms with van der Waals surface area (Å²) >= 11 is 9.49. The fourth-order valence-corrected chi connectivity index (χ4v) is 11.5. The number of morpholine rings is 2. The highest BCUT2D eigenvalue weighted by molar-refractivity contribution is 7.19. The summed E-state index contributed by atoms with van der Waals surface area (Å²) in [5.41, 5.74) is 5.52. The van der Waals surface area contributed by atoms with E-state index in [0.717, 1.165) is 61.7 Å². The first-order valence-electron chi connectivity index (χ1n) is 20.0. The summed E-state index contributed by atoms with van der Waals surface area (Å²) in [4.78, 5) is 59.9. The first-order chi connectivity index (χ1) is 28.5. The van der Waals surface area contributed by atoms with Crippen molar-refractivity contribution in [3.63, 3.8) is 0 Å². The molecule has 15 nitrogen and oxygen atoms in total. The molecule has 4 aromatic heterocycles. The third kappa shape index (κ3) is 7.90. The number of benzene rings is 1. The number of amides is 4. The quantitative estimate of drug-likeness (QED) is 0.190. The second kappa shape index (κ2) is 16.4. The summed E-state index contributed by atoms with van der Waals surface area (Å²) in [6, 6.07) is 4.27. The Bertz CT molecular complexity index is 2440. The van der Waals surface area contributed by atoms with Gasteiger partial charge in [-0.1, -0.05) is 11.6 Å². The third-order valence-electron chi connectivity index (χ3n) is 11.4. The van der Waals surface area contributed by atoms with Gasteiger partial charge in [0.05, 0.1) is 67.6 Å². The molecule has 18 heteroatoms. The van der Waals surface area contributed by atoms with E-state index < -0.39 is 0 Å². The molecule has 0 saturated carbocycles. The van der Waals surface area contributed by atoms with E-state index in [2.05, 4.69) is 36.3 Å². The number of nitrogens with zero attached hydrogens (tertiary/aromatic N) is 9. The number of thiophene rings is 2. The van der Waals surface area contributed by atoms with Crippen LogP contribution in [0, 0.1) is 0 Å². The number of aliphatic imine (C=N–C) groups is 1. The zero-order valence-corrected chi connectivity index (χ0v) is 36.1. The first-order valence-corrected chi connectivity index (χ1v) is 22.1. The Morgan fingerprint density at radius 1 is 0.763 bits per heavy atom. The van der Waals surface area contributed by atoms with Gasteiger partial charge in [0.2, 0.25) is 0 Å². The number of halogens is 1. The minimum Gasteiger partial charge on any atom is -0.495 e. The van der Waals surface area contributed by atoms with E-state index in [9.17, 15) is 9.59 Å². The highest BCUT2D eigenvalue weighted by Crippen LogP contribution is 2.41. The number of rotatable bonds is 3. The fraction of sp³-hybridized carbons (Fsp3) is 0.488. The van der Waals surface area contributed by atoms with Crippen molar-refractivity contribution >= 4 is 84.5 Å². The number of aromatic nitrogens is 4. The van der Waals surface area contributed by atoms with E-state index in [-0.39, 0.29) is 36.5 Å². The van der Waals surface area contributed by atoms with Crippen LogP contribution in [0.25, 0.3) is 20.4 Å². The Morgan fingerprint density at radius 2 is 1.31 bits per heavy atom. The number of hydrogen-bond acceptors (Lipinski definition) is 13. The molecule has 0 spiro atoms. The van der Waals surface area contributed by atoms with Gasteiger partial charge in [-0.05, 0) is 74.9 Å². The van der Waals surface area contributed by atoms with Crippen molar-refractivity contribution in [2.75, 3.05) is 51.7 Å².